The van der Waals surface area contributed by atoms with Crippen molar-refractivity contribution < 1.29 is 14.1 Å². The van der Waals surface area contributed by atoms with E-state index >= 15 is 0 Å². The molecule has 26 heavy (non-hydrogen) atoms. The van der Waals surface area contributed by atoms with E-state index in [9.17, 15) is 9.59 Å². The summed E-state index contributed by atoms with van der Waals surface area (Å²) in [5.41, 5.74) is 0.701. The van der Waals surface area contributed by atoms with Crippen molar-refractivity contribution in [1.82, 2.24) is 15.4 Å². The van der Waals surface area contributed by atoms with Crippen LogP contribution in [-0.2, 0) is 22.6 Å². The van der Waals surface area contributed by atoms with Gasteiger partial charge in [-0.1, -0.05) is 29.4 Å². The van der Waals surface area contributed by atoms with E-state index in [4.69, 9.17) is 9.26 Å². The first-order chi connectivity index (χ1) is 12.7. The third-order valence-corrected chi connectivity index (χ3v) is 4.68. The van der Waals surface area contributed by atoms with Crippen molar-refractivity contribution in [2.45, 2.75) is 13.0 Å². The fraction of sp³-hybridized carbons (Fsp3) is 0.111. The Morgan fingerprint density at radius 2 is 2.04 bits per heavy atom. The highest BCUT2D eigenvalue weighted by Gasteiger charge is 2.13. The Morgan fingerprint density at radius 3 is 2.85 bits per heavy atom. The van der Waals surface area contributed by atoms with Crippen LogP contribution in [0.5, 0.6) is 0 Å². The van der Waals surface area contributed by atoms with E-state index in [1.807, 2.05) is 17.5 Å². The lowest BCUT2D eigenvalue weighted by molar-refractivity contribution is -0.144. The molecule has 3 heterocycles. The first-order valence-corrected chi connectivity index (χ1v) is 8.70. The highest BCUT2D eigenvalue weighted by Crippen LogP contribution is 2.25. The van der Waals surface area contributed by atoms with Crippen LogP contribution in [0, 0.1) is 0 Å². The predicted octanol–water partition coefficient (Wildman–Crippen LogP) is 2.93. The van der Waals surface area contributed by atoms with Gasteiger partial charge in [0.25, 0.3) is 5.56 Å². The number of fused-ring (bicyclic) bond motifs is 1. The monoisotopic (exact) mass is 367 g/mol. The van der Waals surface area contributed by atoms with Crippen LogP contribution in [0.15, 0.2) is 57.2 Å². The fourth-order valence-corrected chi connectivity index (χ4v) is 3.24. The molecule has 0 spiro atoms. The molecule has 0 aliphatic carbocycles. The van der Waals surface area contributed by atoms with E-state index in [-0.39, 0.29) is 18.6 Å². The zero-order valence-electron chi connectivity index (χ0n) is 13.5. The number of carbonyl (C=O) groups is 1. The Kier molecular flexibility index (Phi) is 4.32. The average Bonchev–Trinajstić information content (AvgIpc) is 3.34. The molecule has 0 unspecified atom stereocenters. The first-order valence-electron chi connectivity index (χ1n) is 7.82. The van der Waals surface area contributed by atoms with Crippen LogP contribution in [0.2, 0.25) is 0 Å². The number of hydrogen-bond acceptors (Lipinski definition) is 7. The van der Waals surface area contributed by atoms with E-state index in [0.717, 1.165) is 4.88 Å². The molecule has 0 aliphatic rings. The Bertz CT molecular complexity index is 1110. The minimum atomic E-state index is -0.463. The topological polar surface area (TPSA) is 98.1 Å². The summed E-state index contributed by atoms with van der Waals surface area (Å²) >= 11 is 1.54. The summed E-state index contributed by atoms with van der Waals surface area (Å²) in [6, 6.07) is 12.6. The van der Waals surface area contributed by atoms with Crippen molar-refractivity contribution in [2.24, 2.45) is 0 Å². The molecule has 8 heteroatoms. The molecule has 7 nitrogen and oxygen atoms in total. The number of H-pyrrole nitrogens is 1. The third kappa shape index (κ3) is 3.27. The van der Waals surface area contributed by atoms with Gasteiger partial charge in [-0.2, -0.15) is 5.10 Å². The summed E-state index contributed by atoms with van der Waals surface area (Å²) < 4.78 is 10.5. The number of aromatic nitrogens is 3. The second-order valence-corrected chi connectivity index (χ2v) is 6.49. The van der Waals surface area contributed by atoms with Crippen LogP contribution in [0.4, 0.5) is 0 Å². The van der Waals surface area contributed by atoms with E-state index in [1.165, 1.54) is 11.3 Å². The predicted molar refractivity (Wildman–Crippen MR) is 95.7 cm³/mol. The van der Waals surface area contributed by atoms with Crippen LogP contribution < -0.4 is 5.56 Å². The summed E-state index contributed by atoms with van der Waals surface area (Å²) in [6.07, 6.45) is -0.0487. The molecule has 0 saturated heterocycles. The van der Waals surface area contributed by atoms with Crippen LogP contribution in [0.25, 0.3) is 21.4 Å². The molecule has 0 atom stereocenters. The molecule has 0 fully saturated rings. The van der Waals surface area contributed by atoms with Crippen molar-refractivity contribution in [2.75, 3.05) is 0 Å². The number of carbonyl (C=O) groups excluding carboxylic acids is 1. The Balaban J connectivity index is 1.44. The van der Waals surface area contributed by atoms with Gasteiger partial charge in [-0.25, -0.2) is 5.10 Å². The fourth-order valence-electron chi connectivity index (χ4n) is 2.56. The van der Waals surface area contributed by atoms with Gasteiger partial charge in [0.2, 0.25) is 0 Å². The Hall–Kier alpha value is -3.26. The average molecular weight is 367 g/mol. The van der Waals surface area contributed by atoms with Crippen molar-refractivity contribution in [1.29, 1.82) is 0 Å². The third-order valence-electron chi connectivity index (χ3n) is 3.79. The summed E-state index contributed by atoms with van der Waals surface area (Å²) in [4.78, 5) is 24.9. The Morgan fingerprint density at radius 1 is 1.19 bits per heavy atom. The number of nitrogens with one attached hydrogen (secondary N) is 1. The van der Waals surface area contributed by atoms with Gasteiger partial charge in [-0.15, -0.1) is 11.3 Å². The van der Waals surface area contributed by atoms with E-state index in [2.05, 4.69) is 15.4 Å². The lowest BCUT2D eigenvalue weighted by Gasteiger charge is -2.05. The second kappa shape index (κ2) is 6.93. The molecule has 0 aliphatic heterocycles. The van der Waals surface area contributed by atoms with Crippen LogP contribution >= 0.6 is 11.3 Å². The van der Waals surface area contributed by atoms with Crippen LogP contribution in [0.3, 0.4) is 0 Å². The number of nitrogens with zero attached hydrogens (tertiary/aromatic N) is 2. The molecule has 0 saturated carbocycles. The zero-order chi connectivity index (χ0) is 17.9. The SMILES string of the molecule is O=C(Cc1n[nH]c(=O)c2ccccc12)OCc1cc(-c2cccs2)on1. The summed E-state index contributed by atoms with van der Waals surface area (Å²) in [6.45, 7) is 0.00892. The van der Waals surface area contributed by atoms with E-state index in [0.29, 0.717) is 27.9 Å². The van der Waals surface area contributed by atoms with E-state index in [1.54, 1.807) is 30.3 Å². The van der Waals surface area contributed by atoms with Gasteiger partial charge in [-0.05, 0) is 17.5 Å². The number of ether oxygens (including phenoxy) is 1. The van der Waals surface area contributed by atoms with Gasteiger partial charge < -0.3 is 9.26 Å². The van der Waals surface area contributed by atoms with Gasteiger partial charge in [0.1, 0.15) is 12.3 Å². The smallest absolute Gasteiger partial charge is 0.312 e. The lowest BCUT2D eigenvalue weighted by Crippen LogP contribution is -2.15. The van der Waals surface area contributed by atoms with Crippen molar-refractivity contribution in [3.63, 3.8) is 0 Å². The molecular formula is C18H13N3O4S. The highest BCUT2D eigenvalue weighted by molar-refractivity contribution is 7.13. The van der Waals surface area contributed by atoms with Gasteiger partial charge in [-0.3, -0.25) is 9.59 Å². The maximum Gasteiger partial charge on any atom is 0.312 e. The van der Waals surface area contributed by atoms with Gasteiger partial charge in [0, 0.05) is 11.5 Å². The molecule has 4 aromatic rings. The van der Waals surface area contributed by atoms with Crippen molar-refractivity contribution in [3.05, 3.63) is 69.6 Å². The lowest BCUT2D eigenvalue weighted by atomic mass is 10.1. The molecule has 130 valence electrons. The number of rotatable bonds is 5. The molecule has 4 rings (SSSR count). The molecule has 0 radical (unpaired) electrons. The molecule has 0 amide bonds. The molecular weight excluding hydrogens is 354 g/mol. The summed E-state index contributed by atoms with van der Waals surface area (Å²) in [7, 11) is 0. The maximum absolute atomic E-state index is 12.1. The second-order valence-electron chi connectivity index (χ2n) is 5.54. The van der Waals surface area contributed by atoms with Crippen LogP contribution in [0.1, 0.15) is 11.4 Å². The van der Waals surface area contributed by atoms with Gasteiger partial charge >= 0.3 is 5.97 Å². The minimum Gasteiger partial charge on any atom is -0.459 e. The molecule has 1 N–H and O–H groups in total. The standard InChI is InChI=1S/C18H13N3O4S/c22-17(9-14-12-4-1-2-5-13(12)18(23)20-19-14)24-10-11-8-15(25-21-11)16-6-3-7-26-16/h1-8H,9-10H2,(H,20,23). The number of benzene rings is 1. The number of thiophene rings is 1. The number of hydrogen-bond donors (Lipinski definition) is 1. The number of aromatic amines is 1. The summed E-state index contributed by atoms with van der Waals surface area (Å²) in [5, 5.41) is 13.3. The van der Waals surface area contributed by atoms with Gasteiger partial charge in [0.05, 0.1) is 22.4 Å². The molecule has 0 bridgehead atoms. The van der Waals surface area contributed by atoms with Crippen LogP contribution in [-0.4, -0.2) is 21.3 Å². The maximum atomic E-state index is 12.1. The molecule has 1 aromatic carbocycles. The van der Waals surface area contributed by atoms with E-state index < -0.39 is 5.97 Å². The van der Waals surface area contributed by atoms with Crippen molar-refractivity contribution >= 4 is 28.1 Å². The molecule has 3 aromatic heterocycles. The normalized spacial score (nSPS) is 10.9. The Labute approximate surface area is 151 Å². The zero-order valence-corrected chi connectivity index (χ0v) is 14.3. The largest absolute Gasteiger partial charge is 0.459 e. The minimum absolute atomic E-state index is 0.00892. The first kappa shape index (κ1) is 16.2. The number of esters is 1. The van der Waals surface area contributed by atoms with Gasteiger partial charge in [0.15, 0.2) is 5.76 Å². The highest BCUT2D eigenvalue weighted by atomic mass is 32.1. The van der Waals surface area contributed by atoms with Crippen molar-refractivity contribution in [3.8, 4) is 10.6 Å². The quantitative estimate of drug-likeness (QED) is 0.545. The summed E-state index contributed by atoms with van der Waals surface area (Å²) in [5.74, 6) is 0.176.